The Kier molecular flexibility index (Phi) is 6.00. The number of benzene rings is 2. The van der Waals surface area contributed by atoms with Gasteiger partial charge in [-0.3, -0.25) is 9.59 Å². The zero-order chi connectivity index (χ0) is 20.1. The lowest BCUT2D eigenvalue weighted by atomic mass is 10.0. The van der Waals surface area contributed by atoms with Gasteiger partial charge in [-0.2, -0.15) is 0 Å². The molecular formula is C23H23N3O2S. The fraction of sp³-hybridized carbons (Fsp3) is 0.261. The second kappa shape index (κ2) is 9.01. The number of thiazole rings is 1. The molecule has 5 nitrogen and oxygen atoms in total. The van der Waals surface area contributed by atoms with Crippen molar-refractivity contribution in [1.82, 2.24) is 10.3 Å². The van der Waals surface area contributed by atoms with Crippen molar-refractivity contribution in [2.75, 3.05) is 5.32 Å². The number of hydrogen-bond donors (Lipinski definition) is 2. The Bertz CT molecular complexity index is 962. The first-order chi connectivity index (χ1) is 14.2. The fourth-order valence-corrected chi connectivity index (χ4v) is 4.60. The predicted molar refractivity (Wildman–Crippen MR) is 115 cm³/mol. The Balaban J connectivity index is 1.47. The van der Waals surface area contributed by atoms with E-state index in [1.165, 1.54) is 11.3 Å². The summed E-state index contributed by atoms with van der Waals surface area (Å²) in [5, 5.41) is 6.58. The maximum absolute atomic E-state index is 12.7. The smallest absolute Gasteiger partial charge is 0.251 e. The van der Waals surface area contributed by atoms with E-state index in [1.54, 1.807) is 23.5 Å². The topological polar surface area (TPSA) is 71.1 Å². The first kappa shape index (κ1) is 19.3. The molecule has 1 aliphatic carbocycles. The van der Waals surface area contributed by atoms with E-state index in [1.807, 2.05) is 48.5 Å². The number of carbonyl (C=O) groups is 2. The van der Waals surface area contributed by atoms with Crippen molar-refractivity contribution in [3.63, 3.8) is 0 Å². The summed E-state index contributed by atoms with van der Waals surface area (Å²) in [6, 6.07) is 18.2. The molecule has 1 atom stereocenters. The second-order valence-electron chi connectivity index (χ2n) is 7.15. The van der Waals surface area contributed by atoms with Gasteiger partial charge in [-0.25, -0.2) is 4.98 Å². The van der Waals surface area contributed by atoms with Crippen LogP contribution in [0.15, 0.2) is 60.7 Å². The van der Waals surface area contributed by atoms with Crippen LogP contribution in [-0.4, -0.2) is 16.8 Å². The van der Waals surface area contributed by atoms with Crippen molar-refractivity contribution < 1.29 is 9.59 Å². The molecule has 0 spiro atoms. The zero-order valence-corrected chi connectivity index (χ0v) is 16.9. The number of nitrogens with zero attached hydrogens (tertiary/aromatic N) is 1. The second-order valence-corrected chi connectivity index (χ2v) is 8.23. The summed E-state index contributed by atoms with van der Waals surface area (Å²) in [6.45, 7) is 0. The Hall–Kier alpha value is -2.99. The van der Waals surface area contributed by atoms with Gasteiger partial charge in [-0.1, -0.05) is 48.5 Å². The monoisotopic (exact) mass is 405 g/mol. The number of rotatable bonds is 6. The average Bonchev–Trinajstić information content (AvgIpc) is 3.16. The van der Waals surface area contributed by atoms with Crippen molar-refractivity contribution in [3.8, 4) is 0 Å². The van der Waals surface area contributed by atoms with Crippen molar-refractivity contribution in [1.29, 1.82) is 0 Å². The van der Waals surface area contributed by atoms with Crippen LogP contribution in [0, 0.1) is 0 Å². The predicted octanol–water partition coefficient (Wildman–Crippen LogP) is 4.52. The van der Waals surface area contributed by atoms with Crippen LogP contribution in [-0.2, 0) is 17.6 Å². The van der Waals surface area contributed by atoms with E-state index in [-0.39, 0.29) is 18.2 Å². The first-order valence-electron chi connectivity index (χ1n) is 9.88. The molecule has 1 aliphatic rings. The Morgan fingerprint density at radius 3 is 2.38 bits per heavy atom. The van der Waals surface area contributed by atoms with Gasteiger partial charge in [0.1, 0.15) is 0 Å². The van der Waals surface area contributed by atoms with Gasteiger partial charge in [0, 0.05) is 10.4 Å². The van der Waals surface area contributed by atoms with E-state index in [0.29, 0.717) is 10.7 Å². The van der Waals surface area contributed by atoms with E-state index < -0.39 is 6.04 Å². The lowest BCUT2D eigenvalue weighted by Gasteiger charge is -2.19. The Morgan fingerprint density at radius 1 is 0.966 bits per heavy atom. The molecule has 0 radical (unpaired) electrons. The molecule has 3 aromatic rings. The number of aryl methyl sites for hydroxylation is 2. The highest BCUT2D eigenvalue weighted by Crippen LogP contribution is 2.30. The molecular weight excluding hydrogens is 382 g/mol. The number of amides is 2. The standard InChI is InChI=1S/C23H23N3O2S/c27-21(26-23-25-18-13-7-8-14-20(18)29-23)15-19(16-9-3-1-4-10-16)24-22(28)17-11-5-2-6-12-17/h1-6,9-12,19H,7-8,13-15H2,(H,24,28)(H,25,26,27)/t19-/m1/s1. The SMILES string of the molecule is O=C(C[C@@H](NC(=O)c1ccccc1)c1ccccc1)Nc1nc2c(s1)CCCC2. The molecule has 0 saturated carbocycles. The van der Waals surface area contributed by atoms with Crippen LogP contribution in [0.5, 0.6) is 0 Å². The quantitative estimate of drug-likeness (QED) is 0.633. The van der Waals surface area contributed by atoms with Crippen LogP contribution in [0.4, 0.5) is 5.13 Å². The summed E-state index contributed by atoms with van der Waals surface area (Å²) in [7, 11) is 0. The number of carbonyl (C=O) groups excluding carboxylic acids is 2. The van der Waals surface area contributed by atoms with Crippen LogP contribution in [0.25, 0.3) is 0 Å². The number of hydrogen-bond acceptors (Lipinski definition) is 4. The van der Waals surface area contributed by atoms with E-state index in [0.717, 1.165) is 30.5 Å². The molecule has 2 aromatic carbocycles. The van der Waals surface area contributed by atoms with E-state index in [4.69, 9.17) is 0 Å². The third-order valence-electron chi connectivity index (χ3n) is 5.02. The summed E-state index contributed by atoms with van der Waals surface area (Å²) >= 11 is 1.57. The number of aromatic nitrogens is 1. The lowest BCUT2D eigenvalue weighted by molar-refractivity contribution is -0.116. The summed E-state index contributed by atoms with van der Waals surface area (Å²) in [5.74, 6) is -0.352. The highest BCUT2D eigenvalue weighted by atomic mass is 32.1. The van der Waals surface area contributed by atoms with Gasteiger partial charge in [-0.05, 0) is 43.4 Å². The molecule has 0 aliphatic heterocycles. The fourth-order valence-electron chi connectivity index (χ4n) is 3.53. The average molecular weight is 406 g/mol. The van der Waals surface area contributed by atoms with Crippen LogP contribution < -0.4 is 10.6 Å². The highest BCUT2D eigenvalue weighted by molar-refractivity contribution is 7.15. The number of fused-ring (bicyclic) bond motifs is 1. The minimum absolute atomic E-state index is 0.146. The number of nitrogens with one attached hydrogen (secondary N) is 2. The summed E-state index contributed by atoms with van der Waals surface area (Å²) in [5.41, 5.74) is 2.58. The van der Waals surface area contributed by atoms with Crippen molar-refractivity contribution >= 4 is 28.3 Å². The third kappa shape index (κ3) is 4.90. The summed E-state index contributed by atoms with van der Waals surface area (Å²) in [6.07, 6.45) is 4.52. The molecule has 148 valence electrons. The highest BCUT2D eigenvalue weighted by Gasteiger charge is 2.21. The lowest BCUT2D eigenvalue weighted by Crippen LogP contribution is -2.31. The summed E-state index contributed by atoms with van der Waals surface area (Å²) in [4.78, 5) is 31.2. The molecule has 1 heterocycles. The van der Waals surface area contributed by atoms with Crippen molar-refractivity contribution in [2.45, 2.75) is 38.1 Å². The molecule has 0 fully saturated rings. The zero-order valence-electron chi connectivity index (χ0n) is 16.1. The maximum Gasteiger partial charge on any atom is 0.251 e. The van der Waals surface area contributed by atoms with E-state index in [9.17, 15) is 9.59 Å². The molecule has 6 heteroatoms. The minimum Gasteiger partial charge on any atom is -0.345 e. The molecule has 0 saturated heterocycles. The van der Waals surface area contributed by atoms with Gasteiger partial charge in [0.2, 0.25) is 5.91 Å². The molecule has 2 N–H and O–H groups in total. The van der Waals surface area contributed by atoms with Crippen LogP contribution in [0.3, 0.4) is 0 Å². The van der Waals surface area contributed by atoms with Gasteiger partial charge < -0.3 is 10.6 Å². The van der Waals surface area contributed by atoms with Gasteiger partial charge >= 0.3 is 0 Å². The van der Waals surface area contributed by atoms with Gasteiger partial charge in [0.15, 0.2) is 5.13 Å². The van der Waals surface area contributed by atoms with Crippen LogP contribution in [0.2, 0.25) is 0 Å². The summed E-state index contributed by atoms with van der Waals surface area (Å²) < 4.78 is 0. The molecule has 4 rings (SSSR count). The van der Waals surface area contributed by atoms with E-state index >= 15 is 0 Å². The molecule has 2 amide bonds. The molecule has 1 aromatic heterocycles. The Morgan fingerprint density at radius 2 is 1.66 bits per heavy atom. The molecule has 0 bridgehead atoms. The third-order valence-corrected chi connectivity index (χ3v) is 6.10. The first-order valence-corrected chi connectivity index (χ1v) is 10.7. The number of anilines is 1. The van der Waals surface area contributed by atoms with Crippen molar-refractivity contribution in [2.24, 2.45) is 0 Å². The van der Waals surface area contributed by atoms with Gasteiger partial charge in [-0.15, -0.1) is 11.3 Å². The minimum atomic E-state index is -0.418. The van der Waals surface area contributed by atoms with Crippen molar-refractivity contribution in [3.05, 3.63) is 82.4 Å². The normalized spacial score (nSPS) is 13.9. The van der Waals surface area contributed by atoms with E-state index in [2.05, 4.69) is 15.6 Å². The Labute approximate surface area is 174 Å². The van der Waals surface area contributed by atoms with Crippen LogP contribution >= 0.6 is 11.3 Å². The van der Waals surface area contributed by atoms with Gasteiger partial charge in [0.25, 0.3) is 5.91 Å². The molecule has 0 unspecified atom stereocenters. The van der Waals surface area contributed by atoms with Gasteiger partial charge in [0.05, 0.1) is 18.2 Å². The van der Waals surface area contributed by atoms with Crippen LogP contribution in [0.1, 0.15) is 51.8 Å². The largest absolute Gasteiger partial charge is 0.345 e. The molecule has 29 heavy (non-hydrogen) atoms. The maximum atomic E-state index is 12.7.